The number of halogens is 1. The summed E-state index contributed by atoms with van der Waals surface area (Å²) in [6, 6.07) is 0. The second-order valence-electron chi connectivity index (χ2n) is 3.10. The van der Waals surface area contributed by atoms with Crippen LogP contribution in [-0.4, -0.2) is 48.1 Å². The molecule has 102 valence electrons. The monoisotopic (exact) mass is 311 g/mol. The molecule has 0 aliphatic rings. The van der Waals surface area contributed by atoms with Crippen molar-refractivity contribution in [3.8, 4) is 0 Å². The molecule has 0 saturated heterocycles. The molecule has 17 heavy (non-hydrogen) atoms. The summed E-state index contributed by atoms with van der Waals surface area (Å²) in [5.74, 6) is -1.13. The first kappa shape index (κ1) is 17.0. The molecular weight excluding hydrogens is 299 g/mol. The number of carbonyl (C=O) groups excluding carboxylic acids is 1. The van der Waals surface area contributed by atoms with Crippen molar-refractivity contribution in [1.29, 1.82) is 0 Å². The quantitative estimate of drug-likeness (QED) is 0.261. The van der Waals surface area contributed by atoms with Gasteiger partial charge in [0.15, 0.2) is 0 Å². The molecule has 0 fully saturated rings. The molecular formula is C5H12ClNO8P2. The van der Waals surface area contributed by atoms with Crippen molar-refractivity contribution in [2.45, 2.75) is 11.5 Å². The van der Waals surface area contributed by atoms with Crippen molar-refractivity contribution in [3.63, 3.8) is 0 Å². The van der Waals surface area contributed by atoms with Gasteiger partial charge in [0.2, 0.25) is 5.91 Å². The van der Waals surface area contributed by atoms with Crippen LogP contribution in [0.3, 0.4) is 0 Å². The van der Waals surface area contributed by atoms with Gasteiger partial charge in [-0.3, -0.25) is 13.9 Å². The van der Waals surface area contributed by atoms with Gasteiger partial charge in [-0.25, -0.2) is 0 Å². The van der Waals surface area contributed by atoms with E-state index in [0.717, 1.165) is 0 Å². The van der Waals surface area contributed by atoms with Gasteiger partial charge in [-0.05, 0) is 0 Å². The summed E-state index contributed by atoms with van der Waals surface area (Å²) in [6.07, 6.45) is -1.01. The van der Waals surface area contributed by atoms with Gasteiger partial charge in [-0.2, -0.15) is 0 Å². The average molecular weight is 312 g/mol. The number of nitrogens with one attached hydrogen (secondary N) is 1. The Kier molecular flexibility index (Phi) is 5.78. The molecule has 12 heteroatoms. The SMILES string of the molecule is O=C(CCl)NCCC(O)(P(=O)(O)O)P(=O)(O)O. The summed E-state index contributed by atoms with van der Waals surface area (Å²) < 4.78 is 21.7. The fourth-order valence-electron chi connectivity index (χ4n) is 0.878. The largest absolute Gasteiger partial charge is 0.369 e. The Morgan fingerprint density at radius 2 is 1.59 bits per heavy atom. The van der Waals surface area contributed by atoms with Crippen LogP contribution in [0.1, 0.15) is 6.42 Å². The van der Waals surface area contributed by atoms with E-state index in [0.29, 0.717) is 0 Å². The zero-order valence-corrected chi connectivity index (χ0v) is 10.9. The van der Waals surface area contributed by atoms with Crippen LogP contribution in [-0.2, 0) is 13.9 Å². The van der Waals surface area contributed by atoms with E-state index in [-0.39, 0.29) is 0 Å². The van der Waals surface area contributed by atoms with Gasteiger partial charge >= 0.3 is 15.2 Å². The third-order valence-corrected chi connectivity index (χ3v) is 5.96. The van der Waals surface area contributed by atoms with E-state index in [1.807, 2.05) is 5.32 Å². The lowest BCUT2D eigenvalue weighted by atomic mass is 10.4. The lowest BCUT2D eigenvalue weighted by molar-refractivity contribution is -0.118. The van der Waals surface area contributed by atoms with E-state index in [2.05, 4.69) is 0 Å². The second-order valence-corrected chi connectivity index (χ2v) is 7.37. The van der Waals surface area contributed by atoms with E-state index < -0.39 is 45.0 Å². The molecule has 0 radical (unpaired) electrons. The van der Waals surface area contributed by atoms with E-state index in [9.17, 15) is 19.0 Å². The maximum absolute atomic E-state index is 10.9. The van der Waals surface area contributed by atoms with Crippen LogP contribution in [0, 0.1) is 0 Å². The molecule has 0 rings (SSSR count). The molecule has 9 nitrogen and oxygen atoms in total. The molecule has 0 aromatic carbocycles. The fourth-order valence-corrected chi connectivity index (χ4v) is 3.14. The molecule has 1 amide bonds. The number of rotatable bonds is 6. The first-order chi connectivity index (χ1) is 7.45. The Hall–Kier alpha value is 0.0200. The third kappa shape index (κ3) is 4.31. The van der Waals surface area contributed by atoms with Gasteiger partial charge in [0.25, 0.3) is 5.08 Å². The van der Waals surface area contributed by atoms with Crippen LogP contribution in [0.15, 0.2) is 0 Å². The zero-order valence-electron chi connectivity index (χ0n) is 8.35. The predicted octanol–water partition coefficient (Wildman–Crippen LogP) is -1.27. The average Bonchev–Trinajstić information content (AvgIpc) is 2.13. The van der Waals surface area contributed by atoms with Gasteiger partial charge in [-0.15, -0.1) is 11.6 Å². The number of aliphatic hydroxyl groups is 1. The molecule has 0 bridgehead atoms. The predicted molar refractivity (Wildman–Crippen MR) is 57.4 cm³/mol. The number of carbonyl (C=O) groups is 1. The van der Waals surface area contributed by atoms with Crippen LogP contribution in [0.25, 0.3) is 0 Å². The summed E-state index contributed by atoms with van der Waals surface area (Å²) in [5.41, 5.74) is 0. The van der Waals surface area contributed by atoms with Gasteiger partial charge in [0.05, 0.1) is 0 Å². The number of hydrogen-bond donors (Lipinski definition) is 6. The van der Waals surface area contributed by atoms with Crippen molar-refractivity contribution >= 4 is 32.7 Å². The molecule has 0 aliphatic heterocycles. The molecule has 0 unspecified atom stereocenters. The van der Waals surface area contributed by atoms with Crippen molar-refractivity contribution in [3.05, 3.63) is 0 Å². The van der Waals surface area contributed by atoms with E-state index in [4.69, 9.17) is 31.2 Å². The minimum Gasteiger partial charge on any atom is -0.367 e. The molecule has 0 aromatic rings. The number of alkyl halides is 1. The van der Waals surface area contributed by atoms with Crippen LogP contribution in [0.4, 0.5) is 0 Å². The van der Waals surface area contributed by atoms with Crippen molar-refractivity contribution in [2.75, 3.05) is 12.4 Å². The van der Waals surface area contributed by atoms with Crippen LogP contribution in [0.2, 0.25) is 0 Å². The molecule has 0 aliphatic carbocycles. The number of hydrogen-bond acceptors (Lipinski definition) is 4. The van der Waals surface area contributed by atoms with Crippen molar-refractivity contribution in [2.24, 2.45) is 0 Å². The lowest BCUT2D eigenvalue weighted by Crippen LogP contribution is -2.35. The summed E-state index contributed by atoms with van der Waals surface area (Å²) in [5, 5.41) is 7.86. The van der Waals surface area contributed by atoms with Gasteiger partial charge < -0.3 is 30.0 Å². The van der Waals surface area contributed by atoms with Gasteiger partial charge in [-0.1, -0.05) is 0 Å². The molecule has 0 heterocycles. The van der Waals surface area contributed by atoms with Crippen molar-refractivity contribution < 1.29 is 38.6 Å². The van der Waals surface area contributed by atoms with Crippen molar-refractivity contribution in [1.82, 2.24) is 5.32 Å². The zero-order chi connectivity index (χ0) is 13.9. The second kappa shape index (κ2) is 5.77. The highest BCUT2D eigenvalue weighted by molar-refractivity contribution is 7.72. The fraction of sp³-hybridized carbons (Fsp3) is 0.800. The molecule has 0 spiro atoms. The molecule has 6 N–H and O–H groups in total. The summed E-state index contributed by atoms with van der Waals surface area (Å²) >= 11 is 5.10. The Labute approximate surface area is 101 Å². The van der Waals surface area contributed by atoms with Crippen LogP contribution in [0.5, 0.6) is 0 Å². The van der Waals surface area contributed by atoms with E-state index >= 15 is 0 Å². The lowest BCUT2D eigenvalue weighted by Gasteiger charge is -2.29. The minimum absolute atomic E-state index is 0.426. The Balaban J connectivity index is 4.84. The van der Waals surface area contributed by atoms with E-state index in [1.54, 1.807) is 0 Å². The van der Waals surface area contributed by atoms with Crippen LogP contribution >= 0.6 is 26.8 Å². The maximum atomic E-state index is 10.9. The summed E-state index contributed by atoms with van der Waals surface area (Å²) in [4.78, 5) is 45.6. The van der Waals surface area contributed by atoms with Gasteiger partial charge in [0.1, 0.15) is 5.88 Å². The van der Waals surface area contributed by atoms with E-state index in [1.165, 1.54) is 0 Å². The van der Waals surface area contributed by atoms with Gasteiger partial charge in [0, 0.05) is 13.0 Å². The smallest absolute Gasteiger partial charge is 0.367 e. The Bertz CT molecular complexity index is 352. The highest BCUT2D eigenvalue weighted by Gasteiger charge is 2.58. The molecule has 0 atom stereocenters. The minimum atomic E-state index is -5.47. The highest BCUT2D eigenvalue weighted by atomic mass is 35.5. The Morgan fingerprint density at radius 3 is 1.88 bits per heavy atom. The first-order valence-corrected chi connectivity index (χ1v) is 7.88. The van der Waals surface area contributed by atoms with Crippen LogP contribution < -0.4 is 5.32 Å². The molecule has 0 saturated carbocycles. The topological polar surface area (TPSA) is 164 Å². The number of amides is 1. The standard InChI is InChI=1S/C5H12ClNO8P2/c6-3-4(8)7-2-1-5(9,16(10,11)12)17(13,14)15/h9H,1-3H2,(H,7,8)(H2,10,11,12)(H2,13,14,15). The normalized spacial score (nSPS) is 13.5. The highest BCUT2D eigenvalue weighted by Crippen LogP contribution is 2.68. The maximum Gasteiger partial charge on any atom is 0.369 e. The molecule has 0 aromatic heterocycles. The third-order valence-electron chi connectivity index (χ3n) is 1.84. The first-order valence-electron chi connectivity index (χ1n) is 4.12. The summed E-state index contributed by atoms with van der Waals surface area (Å²) in [6.45, 7) is -0.543. The Morgan fingerprint density at radius 1 is 1.18 bits per heavy atom. The summed E-state index contributed by atoms with van der Waals surface area (Å²) in [7, 11) is -10.9.